The van der Waals surface area contributed by atoms with Gasteiger partial charge >= 0.3 is 11.7 Å². The predicted octanol–water partition coefficient (Wildman–Crippen LogP) is 0.0480. The summed E-state index contributed by atoms with van der Waals surface area (Å²) in [4.78, 5) is 40.6. The van der Waals surface area contributed by atoms with Crippen molar-refractivity contribution in [2.24, 2.45) is 0 Å². The number of hydrogen-bond acceptors (Lipinski definition) is 5. The summed E-state index contributed by atoms with van der Waals surface area (Å²) in [6.45, 7) is 2.01. The Kier molecular flexibility index (Phi) is 3.11. The van der Waals surface area contributed by atoms with E-state index in [0.29, 0.717) is 5.01 Å². The lowest BCUT2D eigenvalue weighted by atomic mass is 10.3. The van der Waals surface area contributed by atoms with Crippen LogP contribution in [0, 0.1) is 6.92 Å². The number of aromatic amines is 1. The minimum Gasteiger partial charge on any atom is -0.477 e. The van der Waals surface area contributed by atoms with Crippen molar-refractivity contribution in [1.29, 1.82) is 0 Å². The molecule has 0 amide bonds. The van der Waals surface area contributed by atoms with Crippen LogP contribution in [-0.4, -0.2) is 25.6 Å². The van der Waals surface area contributed by atoms with Crippen molar-refractivity contribution in [3.63, 3.8) is 0 Å². The summed E-state index contributed by atoms with van der Waals surface area (Å²) in [5.74, 6) is -1.37. The SMILES string of the molecule is Cc1cnc(Cn2cc(C(=O)O)c(=O)[nH]c2=O)s1. The zero-order valence-electron chi connectivity index (χ0n) is 9.34. The van der Waals surface area contributed by atoms with Gasteiger partial charge in [0.15, 0.2) is 0 Å². The second-order valence-corrected chi connectivity index (χ2v) is 4.92. The Morgan fingerprint density at radius 2 is 2.28 bits per heavy atom. The Balaban J connectivity index is 2.45. The molecule has 0 aliphatic heterocycles. The highest BCUT2D eigenvalue weighted by atomic mass is 32.1. The normalized spacial score (nSPS) is 10.5. The average molecular weight is 267 g/mol. The number of nitrogens with zero attached hydrogens (tertiary/aromatic N) is 2. The minimum atomic E-state index is -1.37. The molecule has 0 bridgehead atoms. The molecule has 0 radical (unpaired) electrons. The van der Waals surface area contributed by atoms with E-state index in [-0.39, 0.29) is 6.54 Å². The molecule has 2 aromatic heterocycles. The highest BCUT2D eigenvalue weighted by Crippen LogP contribution is 2.11. The maximum atomic E-state index is 11.5. The number of carbonyl (C=O) groups is 1. The summed E-state index contributed by atoms with van der Waals surface area (Å²) < 4.78 is 1.11. The molecule has 0 atom stereocenters. The monoisotopic (exact) mass is 267 g/mol. The summed E-state index contributed by atoms with van der Waals surface area (Å²) in [6.07, 6.45) is 2.69. The van der Waals surface area contributed by atoms with Gasteiger partial charge in [-0.3, -0.25) is 14.3 Å². The van der Waals surface area contributed by atoms with Crippen molar-refractivity contribution in [1.82, 2.24) is 14.5 Å². The topological polar surface area (TPSA) is 105 Å². The van der Waals surface area contributed by atoms with Crippen LogP contribution in [0.3, 0.4) is 0 Å². The van der Waals surface area contributed by atoms with Crippen LogP contribution in [0.2, 0.25) is 0 Å². The molecular formula is C10H9N3O4S. The molecule has 0 aliphatic rings. The van der Waals surface area contributed by atoms with Crippen LogP contribution in [-0.2, 0) is 6.54 Å². The first-order valence-electron chi connectivity index (χ1n) is 4.95. The van der Waals surface area contributed by atoms with E-state index >= 15 is 0 Å². The Bertz CT molecular complexity index is 712. The molecule has 8 heteroatoms. The van der Waals surface area contributed by atoms with Crippen LogP contribution in [0.15, 0.2) is 22.0 Å². The summed E-state index contributed by atoms with van der Waals surface area (Å²) in [6, 6.07) is 0. The Morgan fingerprint density at radius 3 is 2.83 bits per heavy atom. The first-order valence-corrected chi connectivity index (χ1v) is 5.77. The molecule has 7 nitrogen and oxygen atoms in total. The molecule has 0 saturated heterocycles. The molecule has 2 heterocycles. The lowest BCUT2D eigenvalue weighted by Crippen LogP contribution is -2.33. The third-order valence-corrected chi connectivity index (χ3v) is 3.11. The molecule has 0 unspecified atom stereocenters. The maximum Gasteiger partial charge on any atom is 0.342 e. The van der Waals surface area contributed by atoms with Gasteiger partial charge in [0.05, 0.1) is 6.54 Å². The first-order chi connectivity index (χ1) is 8.47. The van der Waals surface area contributed by atoms with Crippen molar-refractivity contribution < 1.29 is 9.90 Å². The number of carboxylic acids is 1. The fraction of sp³-hybridized carbons (Fsp3) is 0.200. The Labute approximate surface area is 104 Å². The summed E-state index contributed by atoms with van der Waals surface area (Å²) in [5, 5.41) is 9.47. The molecule has 0 saturated carbocycles. The van der Waals surface area contributed by atoms with Gasteiger partial charge in [0.2, 0.25) is 0 Å². The van der Waals surface area contributed by atoms with Crippen LogP contribution in [0.25, 0.3) is 0 Å². The number of carboxylic acid groups (broad SMARTS) is 1. The third kappa shape index (κ3) is 2.38. The maximum absolute atomic E-state index is 11.5. The lowest BCUT2D eigenvalue weighted by Gasteiger charge is -2.03. The summed E-state index contributed by atoms with van der Waals surface area (Å²) in [7, 11) is 0. The van der Waals surface area contributed by atoms with Gasteiger partial charge in [-0.1, -0.05) is 0 Å². The predicted molar refractivity (Wildman–Crippen MR) is 64.2 cm³/mol. The van der Waals surface area contributed by atoms with Gasteiger partial charge in [-0.25, -0.2) is 14.6 Å². The summed E-state index contributed by atoms with van der Waals surface area (Å²) >= 11 is 1.40. The molecule has 94 valence electrons. The van der Waals surface area contributed by atoms with Crippen molar-refractivity contribution in [2.45, 2.75) is 13.5 Å². The minimum absolute atomic E-state index is 0.133. The third-order valence-electron chi connectivity index (χ3n) is 2.22. The van der Waals surface area contributed by atoms with E-state index in [2.05, 4.69) is 4.98 Å². The number of H-pyrrole nitrogens is 1. The molecule has 2 rings (SSSR count). The number of rotatable bonds is 3. The number of aromatic nitrogens is 3. The molecule has 0 aliphatic carbocycles. The average Bonchev–Trinajstić information content (AvgIpc) is 2.67. The van der Waals surface area contributed by atoms with Crippen molar-refractivity contribution in [2.75, 3.05) is 0 Å². The molecule has 0 aromatic carbocycles. The quantitative estimate of drug-likeness (QED) is 0.817. The van der Waals surface area contributed by atoms with E-state index in [1.165, 1.54) is 11.3 Å². The summed E-state index contributed by atoms with van der Waals surface area (Å²) in [5.41, 5.74) is -2.03. The van der Waals surface area contributed by atoms with Gasteiger partial charge in [-0.2, -0.15) is 0 Å². The number of nitrogens with one attached hydrogen (secondary N) is 1. The number of thiazole rings is 1. The van der Waals surface area contributed by atoms with Gasteiger partial charge < -0.3 is 5.11 Å². The fourth-order valence-corrected chi connectivity index (χ4v) is 2.19. The zero-order chi connectivity index (χ0) is 13.3. The molecule has 2 aromatic rings. The smallest absolute Gasteiger partial charge is 0.342 e. The molecule has 0 spiro atoms. The van der Waals surface area contributed by atoms with Crippen LogP contribution in [0.4, 0.5) is 0 Å². The number of hydrogen-bond donors (Lipinski definition) is 2. The van der Waals surface area contributed by atoms with Gasteiger partial charge in [0.1, 0.15) is 10.6 Å². The van der Waals surface area contributed by atoms with Crippen LogP contribution < -0.4 is 11.2 Å². The zero-order valence-corrected chi connectivity index (χ0v) is 10.2. The van der Waals surface area contributed by atoms with Crippen molar-refractivity contribution >= 4 is 17.3 Å². The van der Waals surface area contributed by atoms with Gasteiger partial charge in [-0.15, -0.1) is 11.3 Å². The highest BCUT2D eigenvalue weighted by molar-refractivity contribution is 7.11. The Hall–Kier alpha value is -2.22. The molecule has 0 fully saturated rings. The van der Waals surface area contributed by atoms with Gasteiger partial charge in [0.25, 0.3) is 5.56 Å². The second-order valence-electron chi connectivity index (χ2n) is 3.60. The fourth-order valence-electron chi connectivity index (χ4n) is 1.40. The van der Waals surface area contributed by atoms with Gasteiger partial charge in [0, 0.05) is 17.3 Å². The standard InChI is InChI=1S/C10H9N3O4S/c1-5-2-11-7(18-5)4-13-3-6(9(15)16)8(14)12-10(13)17/h2-3H,4H2,1H3,(H,15,16)(H,12,14,17). The van der Waals surface area contributed by atoms with E-state index in [1.807, 2.05) is 11.9 Å². The van der Waals surface area contributed by atoms with Crippen LogP contribution >= 0.6 is 11.3 Å². The van der Waals surface area contributed by atoms with E-state index < -0.39 is 22.8 Å². The van der Waals surface area contributed by atoms with Crippen molar-refractivity contribution in [3.8, 4) is 0 Å². The number of aryl methyl sites for hydroxylation is 1. The molecular weight excluding hydrogens is 258 g/mol. The van der Waals surface area contributed by atoms with Crippen molar-refractivity contribution in [3.05, 3.63) is 48.7 Å². The van der Waals surface area contributed by atoms with E-state index in [1.54, 1.807) is 6.20 Å². The largest absolute Gasteiger partial charge is 0.477 e. The van der Waals surface area contributed by atoms with Gasteiger partial charge in [-0.05, 0) is 6.92 Å². The van der Waals surface area contributed by atoms with E-state index in [9.17, 15) is 14.4 Å². The highest BCUT2D eigenvalue weighted by Gasteiger charge is 2.12. The second kappa shape index (κ2) is 4.57. The Morgan fingerprint density at radius 1 is 1.56 bits per heavy atom. The van der Waals surface area contributed by atoms with E-state index in [4.69, 9.17) is 5.11 Å². The molecule has 2 N–H and O–H groups in total. The number of aromatic carboxylic acids is 1. The van der Waals surface area contributed by atoms with Crippen LogP contribution in [0.1, 0.15) is 20.2 Å². The lowest BCUT2D eigenvalue weighted by molar-refractivity contribution is 0.0693. The van der Waals surface area contributed by atoms with Crippen LogP contribution in [0.5, 0.6) is 0 Å². The van der Waals surface area contributed by atoms with E-state index in [0.717, 1.165) is 15.6 Å². The first kappa shape index (κ1) is 12.2. The molecule has 18 heavy (non-hydrogen) atoms.